The average Bonchev–Trinajstić information content (AvgIpc) is 3.73. The lowest BCUT2D eigenvalue weighted by atomic mass is 9.81. The number of hydrogen-bond donors (Lipinski definition) is 0. The Labute approximate surface area is 322 Å². The summed E-state index contributed by atoms with van der Waals surface area (Å²) in [6.45, 7) is 0. The van der Waals surface area contributed by atoms with Crippen LogP contribution in [0, 0.1) is 0 Å². The van der Waals surface area contributed by atoms with Crippen LogP contribution in [0.3, 0.4) is 0 Å². The zero-order chi connectivity index (χ0) is 44.5. The summed E-state index contributed by atoms with van der Waals surface area (Å²) in [7, 11) is 0. The van der Waals surface area contributed by atoms with Crippen molar-refractivity contribution in [3.63, 3.8) is 0 Å². The van der Waals surface area contributed by atoms with Crippen molar-refractivity contribution in [1.82, 2.24) is 0 Å². The highest BCUT2D eigenvalue weighted by atomic mass is 16.3. The second-order valence-electron chi connectivity index (χ2n) is 13.1. The van der Waals surface area contributed by atoms with Gasteiger partial charge in [0, 0.05) is 10.8 Å². The molecule has 0 spiro atoms. The van der Waals surface area contributed by atoms with Crippen molar-refractivity contribution in [3.8, 4) is 44.5 Å². The fourth-order valence-corrected chi connectivity index (χ4v) is 7.91. The highest BCUT2D eigenvalue weighted by Crippen LogP contribution is 2.49. The van der Waals surface area contributed by atoms with Gasteiger partial charge in [-0.15, -0.1) is 0 Å². The third-order valence-electron chi connectivity index (χ3n) is 10.2. The van der Waals surface area contributed by atoms with E-state index in [2.05, 4.69) is 54.6 Å². The molecule has 11 rings (SSSR count). The van der Waals surface area contributed by atoms with Gasteiger partial charge < -0.3 is 4.42 Å². The standard InChI is InChI=1S/C52H32O/c1-2-13-33(14-3-1)36-26-29-48-46(31-36)47-32-37(27-30-49(47)53-48)40-28-25-35-16-5-7-19-39(35)51(40)52-44-22-10-8-20-42(44)50(43-21-9-11-23-45(43)52)41-24-12-17-34-15-4-6-18-38(34)41/h1-32H/i1D,2D,3D,13D,14D,26D,27D,29D,30D,31D,32D. The molecule has 0 aliphatic heterocycles. The van der Waals surface area contributed by atoms with E-state index >= 15 is 0 Å². The zero-order valence-electron chi connectivity index (χ0n) is 39.0. The number of fused-ring (bicyclic) bond motifs is 7. The van der Waals surface area contributed by atoms with E-state index in [0.717, 1.165) is 65.3 Å². The lowest BCUT2D eigenvalue weighted by Gasteiger charge is -2.22. The lowest BCUT2D eigenvalue weighted by Crippen LogP contribution is -1.94. The summed E-state index contributed by atoms with van der Waals surface area (Å²) < 4.78 is 105. The highest BCUT2D eigenvalue weighted by molar-refractivity contribution is 6.26. The molecule has 1 nitrogen and oxygen atoms in total. The molecule has 1 heteroatoms. The summed E-state index contributed by atoms with van der Waals surface area (Å²) in [4.78, 5) is 0. The molecule has 0 atom stereocenters. The van der Waals surface area contributed by atoms with Crippen LogP contribution < -0.4 is 0 Å². The number of furan rings is 1. The van der Waals surface area contributed by atoms with E-state index in [0.29, 0.717) is 5.56 Å². The molecule has 10 aromatic carbocycles. The molecule has 0 aliphatic carbocycles. The van der Waals surface area contributed by atoms with E-state index < -0.39 is 65.5 Å². The molecule has 246 valence electrons. The Hall–Kier alpha value is -6.96. The average molecular weight is 684 g/mol. The summed E-state index contributed by atoms with van der Waals surface area (Å²) in [5.74, 6) is 0. The number of benzene rings is 10. The summed E-state index contributed by atoms with van der Waals surface area (Å²) in [6.07, 6.45) is 0. The molecule has 0 radical (unpaired) electrons. The Morgan fingerprint density at radius 3 is 1.53 bits per heavy atom. The molecule has 0 fully saturated rings. The summed E-state index contributed by atoms with van der Waals surface area (Å²) >= 11 is 0. The van der Waals surface area contributed by atoms with E-state index in [-0.39, 0.29) is 39.6 Å². The van der Waals surface area contributed by atoms with Gasteiger partial charge in [-0.2, -0.15) is 0 Å². The van der Waals surface area contributed by atoms with Gasteiger partial charge in [-0.3, -0.25) is 0 Å². The predicted octanol–water partition coefficient (Wildman–Crippen LogP) is 14.9. The first kappa shape index (κ1) is 20.8. The monoisotopic (exact) mass is 683 g/mol. The Morgan fingerprint density at radius 2 is 0.849 bits per heavy atom. The molecular formula is C52H32O. The van der Waals surface area contributed by atoms with E-state index in [4.69, 9.17) is 14.0 Å². The van der Waals surface area contributed by atoms with Crippen molar-refractivity contribution in [1.29, 1.82) is 0 Å². The summed E-state index contributed by atoms with van der Waals surface area (Å²) in [5.41, 5.74) is 2.96. The lowest BCUT2D eigenvalue weighted by molar-refractivity contribution is 0.669. The van der Waals surface area contributed by atoms with Gasteiger partial charge in [0.2, 0.25) is 0 Å². The molecule has 0 aliphatic rings. The first-order valence-electron chi connectivity index (χ1n) is 22.9. The number of rotatable bonds is 4. The van der Waals surface area contributed by atoms with Gasteiger partial charge in [0.1, 0.15) is 11.2 Å². The van der Waals surface area contributed by atoms with Crippen molar-refractivity contribution in [3.05, 3.63) is 194 Å². The molecule has 11 aromatic rings. The third-order valence-corrected chi connectivity index (χ3v) is 10.2. The van der Waals surface area contributed by atoms with Gasteiger partial charge in [0.25, 0.3) is 0 Å². The topological polar surface area (TPSA) is 13.1 Å². The second kappa shape index (κ2) is 11.8. The van der Waals surface area contributed by atoms with Gasteiger partial charge in [-0.05, 0) is 112 Å². The quantitative estimate of drug-likeness (QED) is 0.168. The molecule has 0 unspecified atom stereocenters. The fraction of sp³-hybridized carbons (Fsp3) is 0. The van der Waals surface area contributed by atoms with Crippen molar-refractivity contribution in [2.75, 3.05) is 0 Å². The van der Waals surface area contributed by atoms with Crippen LogP contribution in [-0.4, -0.2) is 0 Å². The Morgan fingerprint density at radius 1 is 0.321 bits per heavy atom. The number of hydrogen-bond acceptors (Lipinski definition) is 1. The van der Waals surface area contributed by atoms with E-state index in [9.17, 15) is 5.48 Å². The van der Waals surface area contributed by atoms with Crippen LogP contribution in [0.2, 0.25) is 0 Å². The van der Waals surface area contributed by atoms with Crippen LogP contribution in [0.4, 0.5) is 0 Å². The Balaban J connectivity index is 1.29. The summed E-state index contributed by atoms with van der Waals surface area (Å²) in [5, 5.41) is 7.63. The Kier molecular flexibility index (Phi) is 4.63. The normalized spacial score (nSPS) is 14.7. The van der Waals surface area contributed by atoms with Crippen LogP contribution in [0.15, 0.2) is 198 Å². The minimum absolute atomic E-state index is 0.0572. The Bertz CT molecular complexity index is 3780. The molecule has 0 amide bonds. The molecular weight excluding hydrogens is 641 g/mol. The molecule has 1 aromatic heterocycles. The highest BCUT2D eigenvalue weighted by Gasteiger charge is 2.22. The largest absolute Gasteiger partial charge is 0.456 e. The molecule has 53 heavy (non-hydrogen) atoms. The van der Waals surface area contributed by atoms with Gasteiger partial charge in [0.15, 0.2) is 0 Å². The van der Waals surface area contributed by atoms with Crippen LogP contribution in [0.25, 0.3) is 110 Å². The third kappa shape index (κ3) is 4.64. The predicted molar refractivity (Wildman–Crippen MR) is 225 cm³/mol. The van der Waals surface area contributed by atoms with Crippen molar-refractivity contribution in [2.24, 2.45) is 0 Å². The van der Waals surface area contributed by atoms with E-state index in [1.165, 1.54) is 0 Å². The van der Waals surface area contributed by atoms with Crippen molar-refractivity contribution >= 4 is 65.0 Å². The van der Waals surface area contributed by atoms with Crippen LogP contribution >= 0.6 is 0 Å². The molecule has 0 saturated carbocycles. The molecule has 0 saturated heterocycles. The molecule has 1 heterocycles. The maximum Gasteiger partial charge on any atom is 0.135 e. The zero-order valence-corrected chi connectivity index (χ0v) is 28.0. The van der Waals surface area contributed by atoms with Gasteiger partial charge in [0.05, 0.1) is 15.1 Å². The van der Waals surface area contributed by atoms with Crippen LogP contribution in [0.1, 0.15) is 15.1 Å². The van der Waals surface area contributed by atoms with Crippen molar-refractivity contribution in [2.45, 2.75) is 0 Å². The van der Waals surface area contributed by atoms with E-state index in [1.807, 2.05) is 72.8 Å². The maximum atomic E-state index is 9.99. The first-order chi connectivity index (χ1) is 30.9. The van der Waals surface area contributed by atoms with Gasteiger partial charge in [-0.1, -0.05) is 170 Å². The second-order valence-corrected chi connectivity index (χ2v) is 13.1. The minimum atomic E-state index is -0.664. The first-order valence-corrected chi connectivity index (χ1v) is 17.4. The molecule has 0 N–H and O–H groups in total. The van der Waals surface area contributed by atoms with E-state index in [1.54, 1.807) is 0 Å². The van der Waals surface area contributed by atoms with Crippen LogP contribution in [-0.2, 0) is 0 Å². The van der Waals surface area contributed by atoms with Gasteiger partial charge >= 0.3 is 0 Å². The van der Waals surface area contributed by atoms with Crippen LogP contribution in [0.5, 0.6) is 0 Å². The fourth-order valence-electron chi connectivity index (χ4n) is 7.91. The van der Waals surface area contributed by atoms with Crippen molar-refractivity contribution < 1.29 is 19.5 Å². The SMILES string of the molecule is [2H]c1c([2H])c([2H])c(-c2c([2H])c([2H])c3oc4c([2H])c([2H])c(-c5ccc6ccccc6c5-c5c6ccccc6c(-c6cccc7ccccc67)c6ccccc56)c([2H])c4c3c2[2H])c([2H])c1[2H]. The van der Waals surface area contributed by atoms with Gasteiger partial charge in [-0.25, -0.2) is 0 Å². The molecule has 0 bridgehead atoms. The summed E-state index contributed by atoms with van der Waals surface area (Å²) in [6, 6.07) is 36.9. The maximum absolute atomic E-state index is 9.99. The smallest absolute Gasteiger partial charge is 0.135 e. The minimum Gasteiger partial charge on any atom is -0.456 e.